The van der Waals surface area contributed by atoms with Crippen LogP contribution in [0.3, 0.4) is 0 Å². The molecule has 0 radical (unpaired) electrons. The smallest absolute Gasteiger partial charge is 0.194 e. The van der Waals surface area contributed by atoms with Crippen LogP contribution in [0.4, 0.5) is 5.69 Å². The molecule has 0 spiro atoms. The molecule has 3 nitrogen and oxygen atoms in total. The number of nitrogen functional groups attached to an aromatic ring is 1. The highest BCUT2D eigenvalue weighted by Gasteiger charge is 2.52. The lowest BCUT2D eigenvalue weighted by Crippen LogP contribution is -2.48. The number of nitrogens with two attached hydrogens (primary N) is 1. The fourth-order valence-electron chi connectivity index (χ4n) is 6.37. The number of hydrogen-bond donors (Lipinski definition) is 1. The average Bonchev–Trinajstić information content (AvgIpc) is 3.14. The quantitative estimate of drug-likeness (QED) is 0.589. The zero-order valence-corrected chi connectivity index (χ0v) is 16.4. The summed E-state index contributed by atoms with van der Waals surface area (Å²) in [7, 11) is 0. The normalized spacial score (nSPS) is 32.1. The summed E-state index contributed by atoms with van der Waals surface area (Å²) in [5.74, 6) is 2.87. The molecule has 2 heterocycles. The summed E-state index contributed by atoms with van der Waals surface area (Å²) in [6.45, 7) is 0. The van der Waals surface area contributed by atoms with E-state index in [0.717, 1.165) is 28.4 Å². The van der Waals surface area contributed by atoms with E-state index in [0.29, 0.717) is 5.41 Å². The Balaban J connectivity index is 0.00000150. The highest BCUT2D eigenvalue weighted by atomic mass is 35.5. The molecule has 0 atom stereocenters. The van der Waals surface area contributed by atoms with E-state index in [9.17, 15) is 0 Å². The third-order valence-corrected chi connectivity index (χ3v) is 7.81. The Kier molecular flexibility index (Phi) is 3.67. The fraction of sp³-hybridized carbons (Fsp3) is 0.476. The maximum Gasteiger partial charge on any atom is 0.194 e. The van der Waals surface area contributed by atoms with Gasteiger partial charge in [0.1, 0.15) is 0 Å². The lowest BCUT2D eigenvalue weighted by Gasteiger charge is -2.56. The van der Waals surface area contributed by atoms with Crippen molar-refractivity contribution in [2.75, 3.05) is 5.73 Å². The van der Waals surface area contributed by atoms with Crippen LogP contribution in [0.15, 0.2) is 35.8 Å². The van der Waals surface area contributed by atoms with Gasteiger partial charge >= 0.3 is 0 Å². The number of nitrogens with zero attached hydrogens (tertiary/aromatic N) is 2. The number of benzene rings is 1. The largest absolute Gasteiger partial charge is 0.399 e. The van der Waals surface area contributed by atoms with Gasteiger partial charge in [-0.05, 0) is 68.4 Å². The van der Waals surface area contributed by atoms with E-state index in [2.05, 4.69) is 28.1 Å². The summed E-state index contributed by atoms with van der Waals surface area (Å²) in [4.78, 5) is 6.25. The molecule has 3 aromatic rings. The van der Waals surface area contributed by atoms with Gasteiger partial charge in [-0.25, -0.2) is 4.98 Å². The summed E-state index contributed by atoms with van der Waals surface area (Å²) in [6.07, 6.45) is 10.9. The van der Waals surface area contributed by atoms with Crippen molar-refractivity contribution in [3.8, 4) is 11.3 Å². The van der Waals surface area contributed by atoms with Crippen LogP contribution in [0.5, 0.6) is 0 Å². The minimum atomic E-state index is 0. The van der Waals surface area contributed by atoms with Gasteiger partial charge in [0.15, 0.2) is 4.96 Å². The fourth-order valence-corrected chi connectivity index (χ4v) is 7.25. The third-order valence-electron chi connectivity index (χ3n) is 6.97. The molecule has 7 rings (SSSR count). The average molecular weight is 386 g/mol. The molecule has 2 N–H and O–H groups in total. The number of anilines is 1. The van der Waals surface area contributed by atoms with Gasteiger partial charge in [0, 0.05) is 28.2 Å². The third kappa shape index (κ3) is 2.35. The highest BCUT2D eigenvalue weighted by molar-refractivity contribution is 7.15. The molecule has 26 heavy (non-hydrogen) atoms. The number of fused-ring (bicyclic) bond motifs is 1. The zero-order valence-electron chi connectivity index (χ0n) is 14.7. The lowest BCUT2D eigenvalue weighted by molar-refractivity contribution is -0.00696. The van der Waals surface area contributed by atoms with Crippen molar-refractivity contribution in [2.24, 2.45) is 17.8 Å². The van der Waals surface area contributed by atoms with E-state index in [4.69, 9.17) is 10.7 Å². The van der Waals surface area contributed by atoms with Crippen molar-refractivity contribution >= 4 is 34.4 Å². The maximum atomic E-state index is 5.99. The molecule has 0 saturated heterocycles. The number of rotatable bonds is 2. The predicted molar refractivity (Wildman–Crippen MR) is 110 cm³/mol. The van der Waals surface area contributed by atoms with Gasteiger partial charge in [-0.2, -0.15) is 0 Å². The molecule has 4 fully saturated rings. The summed E-state index contributed by atoms with van der Waals surface area (Å²) in [5.41, 5.74) is 10.9. The van der Waals surface area contributed by atoms with Crippen molar-refractivity contribution in [3.63, 3.8) is 0 Å². The first-order chi connectivity index (χ1) is 12.2. The summed E-state index contributed by atoms with van der Waals surface area (Å²) >= 11 is 1.75. The van der Waals surface area contributed by atoms with Crippen molar-refractivity contribution in [1.82, 2.24) is 9.38 Å². The van der Waals surface area contributed by atoms with Gasteiger partial charge in [-0.3, -0.25) is 4.40 Å². The second-order valence-electron chi connectivity index (χ2n) is 8.72. The van der Waals surface area contributed by atoms with E-state index in [-0.39, 0.29) is 12.4 Å². The molecule has 4 saturated carbocycles. The molecule has 5 heteroatoms. The van der Waals surface area contributed by atoms with Gasteiger partial charge in [0.25, 0.3) is 0 Å². The first-order valence-electron chi connectivity index (χ1n) is 9.51. The molecule has 4 aliphatic carbocycles. The molecular formula is C21H24ClN3S. The van der Waals surface area contributed by atoms with Crippen LogP contribution in [-0.2, 0) is 5.41 Å². The minimum Gasteiger partial charge on any atom is -0.399 e. The monoisotopic (exact) mass is 385 g/mol. The Hall–Kier alpha value is -1.52. The second-order valence-corrected chi connectivity index (χ2v) is 9.56. The Morgan fingerprint density at radius 2 is 1.77 bits per heavy atom. The van der Waals surface area contributed by atoms with Gasteiger partial charge < -0.3 is 5.73 Å². The van der Waals surface area contributed by atoms with Gasteiger partial charge in [0.05, 0.1) is 11.4 Å². The predicted octanol–water partition coefficient (Wildman–Crippen LogP) is 5.53. The Morgan fingerprint density at radius 3 is 2.42 bits per heavy atom. The minimum absolute atomic E-state index is 0. The molecule has 4 bridgehead atoms. The first kappa shape index (κ1) is 16.6. The molecule has 136 valence electrons. The molecule has 4 aliphatic rings. The van der Waals surface area contributed by atoms with Crippen molar-refractivity contribution in [2.45, 2.75) is 43.9 Å². The summed E-state index contributed by atoms with van der Waals surface area (Å²) < 4.78 is 2.30. The van der Waals surface area contributed by atoms with E-state index < -0.39 is 0 Å². The number of thiazole rings is 1. The van der Waals surface area contributed by atoms with Crippen LogP contribution in [0, 0.1) is 17.8 Å². The van der Waals surface area contributed by atoms with Gasteiger partial charge in [-0.15, -0.1) is 23.7 Å². The summed E-state index contributed by atoms with van der Waals surface area (Å²) in [5, 5.41) is 2.21. The van der Waals surface area contributed by atoms with Crippen molar-refractivity contribution in [3.05, 3.63) is 41.5 Å². The molecule has 0 aliphatic heterocycles. The van der Waals surface area contributed by atoms with Crippen molar-refractivity contribution in [1.29, 1.82) is 0 Å². The Morgan fingerprint density at radius 1 is 1.08 bits per heavy atom. The summed E-state index contributed by atoms with van der Waals surface area (Å²) in [6, 6.07) is 8.18. The molecule has 2 aromatic heterocycles. The number of aromatic nitrogens is 2. The van der Waals surface area contributed by atoms with Crippen molar-refractivity contribution < 1.29 is 0 Å². The molecule has 1 aromatic carbocycles. The van der Waals surface area contributed by atoms with E-state index >= 15 is 0 Å². The van der Waals surface area contributed by atoms with Crippen LogP contribution in [0.25, 0.3) is 16.2 Å². The SMILES string of the molecule is Cl.Nc1cccc(-c2csc3nc(C45CC6CC(CC(C6)C4)C5)cn23)c1. The number of halogens is 1. The Bertz CT molecular complexity index is 937. The van der Waals surface area contributed by atoms with E-state index in [1.54, 1.807) is 11.3 Å². The number of imidazole rings is 1. The van der Waals surface area contributed by atoms with Crippen LogP contribution in [0.1, 0.15) is 44.2 Å². The van der Waals surface area contributed by atoms with Crippen LogP contribution >= 0.6 is 23.7 Å². The van der Waals surface area contributed by atoms with Crippen LogP contribution in [0.2, 0.25) is 0 Å². The van der Waals surface area contributed by atoms with Crippen LogP contribution in [-0.4, -0.2) is 9.38 Å². The Labute approximate surface area is 164 Å². The number of hydrogen-bond acceptors (Lipinski definition) is 3. The zero-order chi connectivity index (χ0) is 16.6. The first-order valence-corrected chi connectivity index (χ1v) is 10.4. The molecular weight excluding hydrogens is 362 g/mol. The van der Waals surface area contributed by atoms with E-state index in [1.807, 2.05) is 12.1 Å². The molecule has 0 amide bonds. The second kappa shape index (κ2) is 5.74. The van der Waals surface area contributed by atoms with Crippen LogP contribution < -0.4 is 5.73 Å². The van der Waals surface area contributed by atoms with Gasteiger partial charge in [-0.1, -0.05) is 12.1 Å². The molecule has 0 unspecified atom stereocenters. The standard InChI is InChI=1S/C21H23N3S.ClH/c22-17-3-1-2-16(7-17)18-12-25-20-23-19(11-24(18)20)21-8-13-4-14(9-21)6-15(5-13)10-21;/h1-3,7,11-15H,4-6,8-10,22H2;1H. The van der Waals surface area contributed by atoms with E-state index in [1.165, 1.54) is 55.5 Å². The topological polar surface area (TPSA) is 43.3 Å². The van der Waals surface area contributed by atoms with Gasteiger partial charge in [0.2, 0.25) is 0 Å². The lowest BCUT2D eigenvalue weighted by atomic mass is 9.49. The highest BCUT2D eigenvalue weighted by Crippen LogP contribution is 2.60. The maximum absolute atomic E-state index is 5.99.